The summed E-state index contributed by atoms with van der Waals surface area (Å²) >= 11 is 0. The molecule has 1 aliphatic heterocycles. The number of amides is 1. The average molecular weight is 467 g/mol. The van der Waals surface area contributed by atoms with Crippen LogP contribution < -0.4 is 10.6 Å². The molecule has 1 amide bonds. The van der Waals surface area contributed by atoms with Crippen LogP contribution in [-0.4, -0.2) is 21.2 Å². The van der Waals surface area contributed by atoms with Crippen molar-refractivity contribution in [2.24, 2.45) is 17.8 Å². The van der Waals surface area contributed by atoms with Gasteiger partial charge >= 0.3 is 0 Å². The van der Waals surface area contributed by atoms with Crippen molar-refractivity contribution in [3.8, 4) is 0 Å². The zero-order valence-corrected chi connectivity index (χ0v) is 20.2. The van der Waals surface area contributed by atoms with Gasteiger partial charge in [-0.05, 0) is 80.2 Å². The molecule has 5 heteroatoms. The minimum Gasteiger partial charge on any atom is -0.363 e. The van der Waals surface area contributed by atoms with Crippen molar-refractivity contribution in [3.05, 3.63) is 83.6 Å². The van der Waals surface area contributed by atoms with Crippen LogP contribution in [0.3, 0.4) is 0 Å². The van der Waals surface area contributed by atoms with Gasteiger partial charge in [-0.3, -0.25) is 4.79 Å². The molecule has 5 nitrogen and oxygen atoms in total. The molecule has 2 heterocycles. The monoisotopic (exact) mass is 466 g/mol. The van der Waals surface area contributed by atoms with Crippen molar-refractivity contribution in [2.75, 3.05) is 5.32 Å². The van der Waals surface area contributed by atoms with Gasteiger partial charge in [0.2, 0.25) is 0 Å². The first kappa shape index (κ1) is 21.2. The molecule has 5 aliphatic rings. The second-order valence-electron chi connectivity index (χ2n) is 11.7. The van der Waals surface area contributed by atoms with Crippen molar-refractivity contribution in [2.45, 2.75) is 69.0 Å². The molecule has 8 rings (SSSR count). The van der Waals surface area contributed by atoms with E-state index < -0.39 is 0 Å². The lowest BCUT2D eigenvalue weighted by atomic mass is 9.53. The van der Waals surface area contributed by atoms with E-state index in [2.05, 4.69) is 76.0 Å². The second kappa shape index (κ2) is 8.25. The van der Waals surface area contributed by atoms with Crippen molar-refractivity contribution in [1.82, 2.24) is 15.1 Å². The van der Waals surface area contributed by atoms with Crippen molar-refractivity contribution in [3.63, 3.8) is 0 Å². The first-order valence-electron chi connectivity index (χ1n) is 13.4. The molecule has 0 unspecified atom stereocenters. The van der Waals surface area contributed by atoms with Crippen molar-refractivity contribution >= 4 is 11.7 Å². The molecular formula is C30H34N4O. The van der Waals surface area contributed by atoms with Gasteiger partial charge in [-0.1, -0.05) is 60.7 Å². The highest BCUT2D eigenvalue weighted by Crippen LogP contribution is 2.55. The summed E-state index contributed by atoms with van der Waals surface area (Å²) in [5.41, 5.74) is 3.24. The Morgan fingerprint density at radius 2 is 1.54 bits per heavy atom. The van der Waals surface area contributed by atoms with Crippen LogP contribution in [0, 0.1) is 17.8 Å². The SMILES string of the molecule is O=C(NC12CC3CC(CC(C3)C1)C2)c1cnn2c1N[C@@H](c1ccccc1)C[C@H]2Cc1ccccc1. The average Bonchev–Trinajstić information content (AvgIpc) is 3.29. The molecule has 4 fully saturated rings. The second-order valence-corrected chi connectivity index (χ2v) is 11.7. The summed E-state index contributed by atoms with van der Waals surface area (Å²) in [7, 11) is 0. The topological polar surface area (TPSA) is 59.0 Å². The highest BCUT2D eigenvalue weighted by atomic mass is 16.1. The van der Waals surface area contributed by atoms with Crippen molar-refractivity contribution in [1.29, 1.82) is 0 Å². The van der Waals surface area contributed by atoms with Gasteiger partial charge < -0.3 is 10.6 Å². The maximum atomic E-state index is 13.8. The fourth-order valence-corrected chi connectivity index (χ4v) is 8.08. The Hall–Kier alpha value is -3.08. The number of nitrogens with zero attached hydrogens (tertiary/aromatic N) is 2. The molecule has 0 radical (unpaired) electrons. The molecule has 35 heavy (non-hydrogen) atoms. The Morgan fingerprint density at radius 1 is 0.914 bits per heavy atom. The Kier molecular flexibility index (Phi) is 5.00. The third kappa shape index (κ3) is 3.85. The number of benzene rings is 2. The Balaban J connectivity index is 1.19. The van der Waals surface area contributed by atoms with E-state index in [0.717, 1.165) is 55.7 Å². The van der Waals surface area contributed by atoms with Crippen LogP contribution in [0.25, 0.3) is 0 Å². The largest absolute Gasteiger partial charge is 0.363 e. The predicted molar refractivity (Wildman–Crippen MR) is 137 cm³/mol. The van der Waals surface area contributed by atoms with Crippen LogP contribution in [0.5, 0.6) is 0 Å². The quantitative estimate of drug-likeness (QED) is 0.491. The van der Waals surface area contributed by atoms with Gasteiger partial charge in [0.25, 0.3) is 5.91 Å². The van der Waals surface area contributed by atoms with E-state index >= 15 is 0 Å². The maximum absolute atomic E-state index is 13.8. The normalized spacial score (nSPS) is 32.6. The van der Waals surface area contributed by atoms with Crippen LogP contribution in [0.1, 0.15) is 78.5 Å². The number of aromatic nitrogens is 2. The van der Waals surface area contributed by atoms with Crippen LogP contribution in [0.15, 0.2) is 66.9 Å². The van der Waals surface area contributed by atoms with E-state index in [9.17, 15) is 4.79 Å². The van der Waals surface area contributed by atoms with Gasteiger partial charge in [0.05, 0.1) is 18.3 Å². The lowest BCUT2D eigenvalue weighted by Crippen LogP contribution is -2.59. The van der Waals surface area contributed by atoms with E-state index in [1.54, 1.807) is 6.20 Å². The van der Waals surface area contributed by atoms with Crippen LogP contribution in [-0.2, 0) is 6.42 Å². The Morgan fingerprint density at radius 3 is 2.20 bits per heavy atom. The number of rotatable bonds is 5. The third-order valence-electron chi connectivity index (χ3n) is 9.14. The molecule has 180 valence electrons. The summed E-state index contributed by atoms with van der Waals surface area (Å²) in [6, 6.07) is 21.6. The van der Waals surface area contributed by atoms with Crippen LogP contribution in [0.2, 0.25) is 0 Å². The molecule has 4 aliphatic carbocycles. The summed E-state index contributed by atoms with van der Waals surface area (Å²) in [5.74, 6) is 3.33. The van der Waals surface area contributed by atoms with Gasteiger partial charge in [0.15, 0.2) is 0 Å². The van der Waals surface area contributed by atoms with Gasteiger partial charge in [-0.2, -0.15) is 5.10 Å². The molecule has 2 atom stereocenters. The minimum atomic E-state index is -0.00239. The number of hydrogen-bond donors (Lipinski definition) is 2. The van der Waals surface area contributed by atoms with E-state index in [-0.39, 0.29) is 23.5 Å². The lowest BCUT2D eigenvalue weighted by molar-refractivity contribution is -0.0166. The van der Waals surface area contributed by atoms with Crippen LogP contribution >= 0.6 is 0 Å². The summed E-state index contributed by atoms with van der Waals surface area (Å²) in [4.78, 5) is 13.8. The fraction of sp³-hybridized carbons (Fsp3) is 0.467. The minimum absolute atomic E-state index is 0.00239. The predicted octanol–water partition coefficient (Wildman–Crippen LogP) is 5.92. The first-order valence-corrected chi connectivity index (χ1v) is 13.4. The number of fused-ring (bicyclic) bond motifs is 1. The van der Waals surface area contributed by atoms with E-state index in [0.29, 0.717) is 5.56 Å². The molecule has 4 saturated carbocycles. The van der Waals surface area contributed by atoms with Gasteiger partial charge in [-0.25, -0.2) is 4.68 Å². The summed E-state index contributed by atoms with van der Waals surface area (Å²) < 4.78 is 2.07. The van der Waals surface area contributed by atoms with E-state index in [4.69, 9.17) is 5.10 Å². The highest BCUT2D eigenvalue weighted by Gasteiger charge is 2.51. The molecule has 3 aromatic rings. The van der Waals surface area contributed by atoms with E-state index in [1.165, 1.54) is 30.4 Å². The molecule has 4 bridgehead atoms. The summed E-state index contributed by atoms with van der Waals surface area (Å²) in [6.07, 6.45) is 11.2. The highest BCUT2D eigenvalue weighted by molar-refractivity contribution is 5.99. The maximum Gasteiger partial charge on any atom is 0.257 e. The standard InChI is InChI=1S/C30H34N4O/c35-29(33-30-16-21-11-22(17-30)13-23(12-21)18-30)26-19-31-34-25(14-20-7-3-1-4-8-20)15-27(32-28(26)34)24-9-5-2-6-10-24/h1-10,19,21-23,25,27,32H,11-18H2,(H,33,35)/t21?,22?,23?,25-,27-,30?/m1/s1. The van der Waals surface area contributed by atoms with Crippen LogP contribution in [0.4, 0.5) is 5.82 Å². The summed E-state index contributed by atoms with van der Waals surface area (Å²) in [6.45, 7) is 0. The smallest absolute Gasteiger partial charge is 0.257 e. The molecule has 0 saturated heterocycles. The zero-order valence-electron chi connectivity index (χ0n) is 20.2. The van der Waals surface area contributed by atoms with Gasteiger partial charge in [-0.15, -0.1) is 0 Å². The van der Waals surface area contributed by atoms with E-state index in [1.807, 2.05) is 0 Å². The molecule has 1 aromatic heterocycles. The van der Waals surface area contributed by atoms with Gasteiger partial charge in [0.1, 0.15) is 11.4 Å². The third-order valence-corrected chi connectivity index (χ3v) is 9.14. The van der Waals surface area contributed by atoms with Gasteiger partial charge in [0, 0.05) is 5.54 Å². The molecular weight excluding hydrogens is 432 g/mol. The Labute approximate surface area is 207 Å². The fourth-order valence-electron chi connectivity index (χ4n) is 8.08. The van der Waals surface area contributed by atoms with Crippen molar-refractivity contribution < 1.29 is 4.79 Å². The number of hydrogen-bond acceptors (Lipinski definition) is 3. The molecule has 2 N–H and O–H groups in total. The summed E-state index contributed by atoms with van der Waals surface area (Å²) in [5, 5.41) is 12.0. The zero-order chi connectivity index (χ0) is 23.4. The molecule has 2 aromatic carbocycles. The first-order chi connectivity index (χ1) is 17.1. The number of carbonyl (C=O) groups excluding carboxylic acids is 1. The lowest BCUT2D eigenvalue weighted by Gasteiger charge is -2.56. The Bertz CT molecular complexity index is 1180. The number of nitrogens with one attached hydrogen (secondary N) is 2. The molecule has 0 spiro atoms. The number of anilines is 1. The number of carbonyl (C=O) groups is 1.